The fourth-order valence-electron chi connectivity index (χ4n) is 1.71. The van der Waals surface area contributed by atoms with Gasteiger partial charge in [0.05, 0.1) is 23.4 Å². The van der Waals surface area contributed by atoms with E-state index in [9.17, 15) is 10.4 Å². The van der Waals surface area contributed by atoms with Crippen molar-refractivity contribution in [2.24, 2.45) is 0 Å². The number of likely N-dealkylation sites (N-methyl/N-ethyl adjacent to an activating group) is 1. The second-order valence-corrected chi connectivity index (χ2v) is 5.02. The number of benzene rings is 1. The Morgan fingerprint density at radius 3 is 2.61 bits per heavy atom. The molecule has 0 saturated carbocycles. The second kappa shape index (κ2) is 5.85. The van der Waals surface area contributed by atoms with Crippen LogP contribution in [0, 0.1) is 11.3 Å². The molecule has 0 aliphatic rings. The van der Waals surface area contributed by atoms with E-state index in [4.69, 9.17) is 0 Å². The highest BCUT2D eigenvalue weighted by Gasteiger charge is 2.24. The number of hydrogen-bond donors (Lipinski definition) is 2. The van der Waals surface area contributed by atoms with Crippen LogP contribution in [0.15, 0.2) is 18.2 Å². The predicted octanol–water partition coefficient (Wildman–Crippen LogP) is 1.48. The molecule has 0 aliphatic carbocycles. The maximum absolute atomic E-state index is 9.39. The van der Waals surface area contributed by atoms with E-state index in [0.717, 1.165) is 17.8 Å². The Kier molecular flexibility index (Phi) is 4.71. The molecular weight excluding hydrogens is 226 g/mol. The molecule has 4 nitrogen and oxygen atoms in total. The first kappa shape index (κ1) is 14.5. The largest absolute Gasteiger partial charge is 0.394 e. The molecule has 1 rings (SSSR count). The minimum Gasteiger partial charge on any atom is -0.394 e. The average molecular weight is 247 g/mol. The number of nitrogens with one attached hydrogen (secondary N) is 1. The fraction of sp³-hybridized carbons (Fsp3) is 0.500. The number of aliphatic hydroxyl groups is 1. The summed E-state index contributed by atoms with van der Waals surface area (Å²) >= 11 is 0. The van der Waals surface area contributed by atoms with Crippen molar-refractivity contribution in [2.75, 3.05) is 25.6 Å². The van der Waals surface area contributed by atoms with E-state index in [2.05, 4.69) is 11.4 Å². The van der Waals surface area contributed by atoms with E-state index in [1.807, 2.05) is 51.0 Å². The second-order valence-electron chi connectivity index (χ2n) is 5.02. The Balaban J connectivity index is 3.14. The average Bonchev–Trinajstić information content (AvgIpc) is 2.38. The zero-order valence-corrected chi connectivity index (χ0v) is 11.5. The number of anilines is 1. The molecular formula is C14H21N3O. The molecule has 0 atom stereocenters. The van der Waals surface area contributed by atoms with Crippen molar-refractivity contribution in [1.29, 1.82) is 5.26 Å². The van der Waals surface area contributed by atoms with Crippen molar-refractivity contribution in [2.45, 2.75) is 25.9 Å². The van der Waals surface area contributed by atoms with Crippen LogP contribution in [0.1, 0.15) is 25.0 Å². The summed E-state index contributed by atoms with van der Waals surface area (Å²) in [5.41, 5.74) is 2.16. The third-order valence-corrected chi connectivity index (χ3v) is 3.22. The van der Waals surface area contributed by atoms with Gasteiger partial charge in [-0.2, -0.15) is 5.26 Å². The van der Waals surface area contributed by atoms with Crippen molar-refractivity contribution in [3.05, 3.63) is 29.3 Å². The third-order valence-electron chi connectivity index (χ3n) is 3.22. The molecule has 0 unspecified atom stereocenters. The van der Waals surface area contributed by atoms with Crippen LogP contribution in [0.5, 0.6) is 0 Å². The van der Waals surface area contributed by atoms with Gasteiger partial charge in [-0.3, -0.25) is 0 Å². The first-order chi connectivity index (χ1) is 8.46. The van der Waals surface area contributed by atoms with Crippen LogP contribution in [0.4, 0.5) is 5.69 Å². The third kappa shape index (κ3) is 3.00. The number of hydrogen-bond acceptors (Lipinski definition) is 4. The molecule has 98 valence electrons. The van der Waals surface area contributed by atoms with Crippen molar-refractivity contribution >= 4 is 5.69 Å². The maximum Gasteiger partial charge on any atom is 0.101 e. The zero-order chi connectivity index (χ0) is 13.8. The van der Waals surface area contributed by atoms with E-state index >= 15 is 0 Å². The van der Waals surface area contributed by atoms with E-state index in [0.29, 0.717) is 5.56 Å². The zero-order valence-electron chi connectivity index (χ0n) is 11.5. The summed E-state index contributed by atoms with van der Waals surface area (Å²) in [5, 5.41) is 21.7. The first-order valence-electron chi connectivity index (χ1n) is 5.98. The number of nitrogens with zero attached hydrogens (tertiary/aromatic N) is 2. The Morgan fingerprint density at radius 2 is 2.11 bits per heavy atom. The van der Waals surface area contributed by atoms with Gasteiger partial charge >= 0.3 is 0 Å². The Morgan fingerprint density at radius 1 is 1.44 bits per heavy atom. The summed E-state index contributed by atoms with van der Waals surface area (Å²) in [4.78, 5) is 1.94. The van der Waals surface area contributed by atoms with Gasteiger partial charge in [0.1, 0.15) is 6.07 Å². The van der Waals surface area contributed by atoms with E-state index in [1.165, 1.54) is 0 Å². The summed E-state index contributed by atoms with van der Waals surface area (Å²) in [6, 6.07) is 8.03. The Hall–Kier alpha value is -1.57. The molecule has 0 amide bonds. The molecule has 0 saturated heterocycles. The van der Waals surface area contributed by atoms with Gasteiger partial charge < -0.3 is 15.3 Å². The molecule has 0 heterocycles. The minimum absolute atomic E-state index is 0.0344. The molecule has 0 bridgehead atoms. The molecule has 0 radical (unpaired) electrons. The lowest BCUT2D eigenvalue weighted by atomic mass is 10.0. The number of aliphatic hydroxyl groups excluding tert-OH is 1. The smallest absolute Gasteiger partial charge is 0.101 e. The summed E-state index contributed by atoms with van der Waals surface area (Å²) < 4.78 is 0. The van der Waals surface area contributed by atoms with Crippen molar-refractivity contribution in [3.8, 4) is 6.07 Å². The SMILES string of the molecule is CNCc1ccc(N(C)C(C)(C)CO)c(C#N)c1. The normalized spacial score (nSPS) is 11.1. The molecule has 4 heteroatoms. The van der Waals surface area contributed by atoms with Gasteiger partial charge in [-0.05, 0) is 38.6 Å². The fourth-order valence-corrected chi connectivity index (χ4v) is 1.71. The minimum atomic E-state index is -0.393. The van der Waals surface area contributed by atoms with Crippen molar-refractivity contribution < 1.29 is 5.11 Å². The summed E-state index contributed by atoms with van der Waals surface area (Å²) in [6.45, 7) is 4.65. The van der Waals surface area contributed by atoms with Gasteiger partial charge in [0.25, 0.3) is 0 Å². The van der Waals surface area contributed by atoms with Crippen LogP contribution in [0.2, 0.25) is 0 Å². The lowest BCUT2D eigenvalue weighted by Crippen LogP contribution is -2.44. The molecule has 0 aromatic heterocycles. The highest BCUT2D eigenvalue weighted by molar-refractivity contribution is 5.61. The van der Waals surface area contributed by atoms with Gasteiger partial charge in [0.15, 0.2) is 0 Å². The maximum atomic E-state index is 9.39. The predicted molar refractivity (Wildman–Crippen MR) is 73.5 cm³/mol. The molecule has 0 fully saturated rings. The molecule has 0 aliphatic heterocycles. The lowest BCUT2D eigenvalue weighted by Gasteiger charge is -2.36. The highest BCUT2D eigenvalue weighted by atomic mass is 16.3. The van der Waals surface area contributed by atoms with Crippen LogP contribution in [0.25, 0.3) is 0 Å². The van der Waals surface area contributed by atoms with Gasteiger partial charge in [-0.1, -0.05) is 6.07 Å². The molecule has 1 aromatic carbocycles. The van der Waals surface area contributed by atoms with E-state index in [-0.39, 0.29) is 6.61 Å². The Labute approximate surface area is 109 Å². The Bertz CT molecular complexity index is 449. The van der Waals surface area contributed by atoms with Gasteiger partial charge in [-0.15, -0.1) is 0 Å². The molecule has 0 spiro atoms. The number of rotatable bonds is 5. The lowest BCUT2D eigenvalue weighted by molar-refractivity contribution is 0.216. The summed E-state index contributed by atoms with van der Waals surface area (Å²) in [7, 11) is 3.77. The molecule has 1 aromatic rings. The highest BCUT2D eigenvalue weighted by Crippen LogP contribution is 2.26. The monoisotopic (exact) mass is 247 g/mol. The van der Waals surface area contributed by atoms with Crippen LogP contribution < -0.4 is 10.2 Å². The summed E-state index contributed by atoms with van der Waals surface area (Å²) in [6.07, 6.45) is 0. The number of nitriles is 1. The quantitative estimate of drug-likeness (QED) is 0.827. The topological polar surface area (TPSA) is 59.3 Å². The van der Waals surface area contributed by atoms with Gasteiger partial charge in [0, 0.05) is 13.6 Å². The van der Waals surface area contributed by atoms with E-state index in [1.54, 1.807) is 0 Å². The molecule has 2 N–H and O–H groups in total. The van der Waals surface area contributed by atoms with Crippen LogP contribution in [-0.4, -0.2) is 31.3 Å². The van der Waals surface area contributed by atoms with Crippen LogP contribution in [0.3, 0.4) is 0 Å². The van der Waals surface area contributed by atoms with Crippen LogP contribution >= 0.6 is 0 Å². The van der Waals surface area contributed by atoms with Crippen molar-refractivity contribution in [1.82, 2.24) is 5.32 Å². The summed E-state index contributed by atoms with van der Waals surface area (Å²) in [5.74, 6) is 0. The standard InChI is InChI=1S/C14H21N3O/c1-14(2,10-18)17(4)13-6-5-11(9-16-3)7-12(13)8-15/h5-7,16,18H,9-10H2,1-4H3. The first-order valence-corrected chi connectivity index (χ1v) is 5.98. The van der Waals surface area contributed by atoms with Crippen molar-refractivity contribution in [3.63, 3.8) is 0 Å². The van der Waals surface area contributed by atoms with Gasteiger partial charge in [-0.25, -0.2) is 0 Å². The van der Waals surface area contributed by atoms with E-state index < -0.39 is 5.54 Å². The molecule has 18 heavy (non-hydrogen) atoms. The van der Waals surface area contributed by atoms with Gasteiger partial charge in [0.2, 0.25) is 0 Å². The van der Waals surface area contributed by atoms with Crippen LogP contribution in [-0.2, 0) is 6.54 Å².